The average Bonchev–Trinajstić information content (AvgIpc) is 2.56. The smallest absolute Gasteiger partial charge is 0.152 e. The summed E-state index contributed by atoms with van der Waals surface area (Å²) in [6.45, 7) is 4.53. The predicted octanol–water partition coefficient (Wildman–Crippen LogP) is 1.39. The summed E-state index contributed by atoms with van der Waals surface area (Å²) in [5.41, 5.74) is 1.28. The van der Waals surface area contributed by atoms with Crippen LogP contribution in [0, 0.1) is 0 Å². The minimum absolute atomic E-state index is 0.330. The third kappa shape index (κ3) is 4.46. The van der Waals surface area contributed by atoms with Gasteiger partial charge < -0.3 is 4.74 Å². The Hall–Kier alpha value is -1.11. The number of ether oxygens (including phenoxy) is 1. The molecule has 5 nitrogen and oxygen atoms in total. The molecule has 1 aromatic rings. The van der Waals surface area contributed by atoms with Gasteiger partial charge in [0.25, 0.3) is 0 Å². The number of sulfone groups is 1. The molecule has 0 unspecified atom stereocenters. The van der Waals surface area contributed by atoms with Crippen molar-refractivity contribution in [3.05, 3.63) is 29.8 Å². The summed E-state index contributed by atoms with van der Waals surface area (Å²) >= 11 is 0. The lowest BCUT2D eigenvalue weighted by Gasteiger charge is -2.40. The van der Waals surface area contributed by atoms with Gasteiger partial charge in [-0.3, -0.25) is 9.80 Å². The van der Waals surface area contributed by atoms with Crippen molar-refractivity contribution in [1.82, 2.24) is 9.80 Å². The van der Waals surface area contributed by atoms with Crippen LogP contribution in [0.4, 0.5) is 0 Å². The molecule has 0 bridgehead atoms. The Morgan fingerprint density at radius 2 is 1.83 bits per heavy atom. The molecule has 0 aliphatic carbocycles. The topological polar surface area (TPSA) is 49.9 Å². The first-order chi connectivity index (χ1) is 11.1. The van der Waals surface area contributed by atoms with E-state index in [0.29, 0.717) is 30.6 Å². The van der Waals surface area contributed by atoms with Crippen LogP contribution in [-0.4, -0.2) is 69.1 Å². The second-order valence-corrected chi connectivity index (χ2v) is 8.85. The first kappa shape index (κ1) is 16.7. The van der Waals surface area contributed by atoms with Crippen molar-refractivity contribution in [3.63, 3.8) is 0 Å². The van der Waals surface area contributed by atoms with Gasteiger partial charge in [0.2, 0.25) is 0 Å². The molecule has 2 fully saturated rings. The predicted molar refractivity (Wildman–Crippen MR) is 91.5 cm³/mol. The second kappa shape index (κ2) is 7.20. The molecule has 0 amide bonds. The van der Waals surface area contributed by atoms with Crippen LogP contribution in [0.25, 0.3) is 0 Å². The lowest BCUT2D eigenvalue weighted by atomic mass is 10.0. The van der Waals surface area contributed by atoms with E-state index in [0.717, 1.165) is 38.2 Å². The summed E-state index contributed by atoms with van der Waals surface area (Å²) in [5, 5.41) is 0. The molecule has 23 heavy (non-hydrogen) atoms. The van der Waals surface area contributed by atoms with Crippen LogP contribution in [0.1, 0.15) is 18.4 Å². The van der Waals surface area contributed by atoms with Gasteiger partial charge in [0.15, 0.2) is 9.84 Å². The maximum atomic E-state index is 11.5. The SMILES string of the molecule is COc1cccc(CN2CCC(N3CCS(=O)(=O)CC3)CC2)c1. The van der Waals surface area contributed by atoms with Gasteiger partial charge in [-0.1, -0.05) is 12.1 Å². The quantitative estimate of drug-likeness (QED) is 0.830. The number of rotatable bonds is 4. The lowest BCUT2D eigenvalue weighted by Crippen LogP contribution is -2.50. The Kier molecular flexibility index (Phi) is 5.24. The van der Waals surface area contributed by atoms with Gasteiger partial charge in [-0.2, -0.15) is 0 Å². The molecule has 0 atom stereocenters. The summed E-state index contributed by atoms with van der Waals surface area (Å²) in [7, 11) is -1.08. The Morgan fingerprint density at radius 1 is 1.13 bits per heavy atom. The first-order valence-electron chi connectivity index (χ1n) is 8.35. The Balaban J connectivity index is 1.48. The minimum atomic E-state index is -2.78. The zero-order valence-corrected chi connectivity index (χ0v) is 14.6. The van der Waals surface area contributed by atoms with Crippen molar-refractivity contribution in [3.8, 4) is 5.75 Å². The van der Waals surface area contributed by atoms with Gasteiger partial charge in [0, 0.05) is 25.7 Å². The molecule has 0 N–H and O–H groups in total. The van der Waals surface area contributed by atoms with E-state index in [2.05, 4.69) is 21.9 Å². The monoisotopic (exact) mass is 338 g/mol. The van der Waals surface area contributed by atoms with E-state index < -0.39 is 9.84 Å². The van der Waals surface area contributed by atoms with Crippen molar-refractivity contribution in [2.75, 3.05) is 44.8 Å². The van der Waals surface area contributed by atoms with Crippen molar-refractivity contribution >= 4 is 9.84 Å². The molecular formula is C17H26N2O3S. The number of benzene rings is 1. The normalized spacial score (nSPS) is 23.7. The molecule has 6 heteroatoms. The van der Waals surface area contributed by atoms with Crippen molar-refractivity contribution < 1.29 is 13.2 Å². The molecule has 128 valence electrons. The molecule has 0 aromatic heterocycles. The Bertz CT molecular complexity index is 610. The Morgan fingerprint density at radius 3 is 2.48 bits per heavy atom. The molecule has 0 spiro atoms. The number of nitrogens with zero attached hydrogens (tertiary/aromatic N) is 2. The van der Waals surface area contributed by atoms with Gasteiger partial charge >= 0.3 is 0 Å². The number of likely N-dealkylation sites (tertiary alicyclic amines) is 1. The molecule has 2 heterocycles. The van der Waals surface area contributed by atoms with Gasteiger partial charge in [-0.05, 0) is 43.6 Å². The van der Waals surface area contributed by atoms with Crippen LogP contribution in [-0.2, 0) is 16.4 Å². The molecule has 2 saturated heterocycles. The van der Waals surface area contributed by atoms with E-state index >= 15 is 0 Å². The highest BCUT2D eigenvalue weighted by molar-refractivity contribution is 7.91. The van der Waals surface area contributed by atoms with Crippen molar-refractivity contribution in [1.29, 1.82) is 0 Å². The largest absolute Gasteiger partial charge is 0.497 e. The van der Waals surface area contributed by atoms with Crippen LogP contribution in [0.2, 0.25) is 0 Å². The fourth-order valence-electron chi connectivity index (χ4n) is 3.56. The summed E-state index contributed by atoms with van der Waals surface area (Å²) in [4.78, 5) is 4.86. The number of methoxy groups -OCH3 is 1. The number of hydrogen-bond donors (Lipinski definition) is 0. The van der Waals surface area contributed by atoms with Crippen LogP contribution in [0.5, 0.6) is 5.75 Å². The Labute approximate surface area is 139 Å². The van der Waals surface area contributed by atoms with Crippen molar-refractivity contribution in [2.24, 2.45) is 0 Å². The second-order valence-electron chi connectivity index (χ2n) is 6.55. The van der Waals surface area contributed by atoms with Gasteiger partial charge in [0.05, 0.1) is 18.6 Å². The summed E-state index contributed by atoms with van der Waals surface area (Å²) in [6.07, 6.45) is 2.26. The fraction of sp³-hybridized carbons (Fsp3) is 0.647. The molecule has 2 aliphatic heterocycles. The highest BCUT2D eigenvalue weighted by Gasteiger charge is 2.29. The molecule has 0 saturated carbocycles. The zero-order chi connectivity index (χ0) is 16.3. The van der Waals surface area contributed by atoms with Gasteiger partial charge in [0.1, 0.15) is 5.75 Å². The number of piperidine rings is 1. The van der Waals surface area contributed by atoms with Crippen molar-refractivity contribution in [2.45, 2.75) is 25.4 Å². The summed E-state index contributed by atoms with van der Waals surface area (Å²) in [6, 6.07) is 8.80. The van der Waals surface area contributed by atoms with Crippen LogP contribution in [0.3, 0.4) is 0 Å². The van der Waals surface area contributed by atoms with E-state index in [1.807, 2.05) is 12.1 Å². The highest BCUT2D eigenvalue weighted by Crippen LogP contribution is 2.21. The maximum Gasteiger partial charge on any atom is 0.152 e. The highest BCUT2D eigenvalue weighted by atomic mass is 32.2. The lowest BCUT2D eigenvalue weighted by molar-refractivity contribution is 0.111. The van der Waals surface area contributed by atoms with E-state index in [4.69, 9.17) is 4.74 Å². The fourth-order valence-corrected chi connectivity index (χ4v) is 4.79. The third-order valence-corrected chi connectivity index (χ3v) is 6.60. The van der Waals surface area contributed by atoms with E-state index in [1.165, 1.54) is 5.56 Å². The molecule has 0 radical (unpaired) electrons. The van der Waals surface area contributed by atoms with Crippen LogP contribution in [0.15, 0.2) is 24.3 Å². The van der Waals surface area contributed by atoms with Crippen LogP contribution < -0.4 is 4.74 Å². The molecule has 3 rings (SSSR count). The average molecular weight is 338 g/mol. The maximum absolute atomic E-state index is 11.5. The minimum Gasteiger partial charge on any atom is -0.497 e. The van der Waals surface area contributed by atoms with E-state index in [1.54, 1.807) is 7.11 Å². The van der Waals surface area contributed by atoms with E-state index in [-0.39, 0.29) is 0 Å². The zero-order valence-electron chi connectivity index (χ0n) is 13.8. The molecule has 2 aliphatic rings. The number of hydrogen-bond acceptors (Lipinski definition) is 5. The van der Waals surface area contributed by atoms with Gasteiger partial charge in [-0.15, -0.1) is 0 Å². The third-order valence-electron chi connectivity index (χ3n) is 4.99. The first-order valence-corrected chi connectivity index (χ1v) is 10.2. The molecular weight excluding hydrogens is 312 g/mol. The van der Waals surface area contributed by atoms with E-state index in [9.17, 15) is 8.42 Å². The molecule has 1 aromatic carbocycles. The standard InChI is InChI=1S/C17H26N2O3S/c1-22-17-4-2-3-15(13-17)14-18-7-5-16(6-8-18)19-9-11-23(20,21)12-10-19/h2-4,13,16H,5-12,14H2,1H3. The van der Waals surface area contributed by atoms with Crippen LogP contribution >= 0.6 is 0 Å². The van der Waals surface area contributed by atoms with Gasteiger partial charge in [-0.25, -0.2) is 8.42 Å². The summed E-state index contributed by atoms with van der Waals surface area (Å²) < 4.78 is 28.4. The summed E-state index contributed by atoms with van der Waals surface area (Å²) in [5.74, 6) is 1.57.